The van der Waals surface area contributed by atoms with Gasteiger partial charge in [-0.25, -0.2) is 9.37 Å². The molecule has 4 rings (SSSR count). The van der Waals surface area contributed by atoms with E-state index >= 15 is 0 Å². The largest absolute Gasteiger partial charge is 0.493 e. The number of hydrogen-bond acceptors (Lipinski definition) is 5. The zero-order valence-electron chi connectivity index (χ0n) is 14.0. The third-order valence-corrected chi connectivity index (χ3v) is 4.24. The Kier molecular flexibility index (Phi) is 3.54. The van der Waals surface area contributed by atoms with Gasteiger partial charge in [0.2, 0.25) is 0 Å². The average Bonchev–Trinajstić information content (AvgIpc) is 2.96. The van der Waals surface area contributed by atoms with E-state index < -0.39 is 11.4 Å². The highest BCUT2D eigenvalue weighted by Gasteiger charge is 2.17. The molecule has 0 unspecified atom stereocenters. The molecule has 0 aliphatic carbocycles. The van der Waals surface area contributed by atoms with E-state index in [1.54, 1.807) is 18.2 Å². The van der Waals surface area contributed by atoms with Gasteiger partial charge in [-0.05, 0) is 18.2 Å². The number of aromatic nitrogens is 3. The summed E-state index contributed by atoms with van der Waals surface area (Å²) >= 11 is 0. The minimum Gasteiger partial charge on any atom is -0.493 e. The third-order valence-electron chi connectivity index (χ3n) is 4.24. The Bertz CT molecular complexity index is 1210. The maximum absolute atomic E-state index is 13.5. The second-order valence-electron chi connectivity index (χ2n) is 5.74. The molecule has 0 atom stereocenters. The third kappa shape index (κ3) is 2.34. The number of nitrogens with two attached hydrogens (primary N) is 1. The molecule has 0 aliphatic heterocycles. The second-order valence-corrected chi connectivity index (χ2v) is 5.74. The number of ether oxygens (including phenoxy) is 2. The van der Waals surface area contributed by atoms with Gasteiger partial charge in [0.1, 0.15) is 5.82 Å². The van der Waals surface area contributed by atoms with Gasteiger partial charge in [0.05, 0.1) is 36.6 Å². The van der Waals surface area contributed by atoms with Crippen molar-refractivity contribution in [3.63, 3.8) is 0 Å². The molecule has 26 heavy (non-hydrogen) atoms. The van der Waals surface area contributed by atoms with Gasteiger partial charge in [-0.2, -0.15) is 0 Å². The fourth-order valence-corrected chi connectivity index (χ4v) is 2.95. The van der Waals surface area contributed by atoms with Crippen molar-refractivity contribution in [2.24, 2.45) is 0 Å². The number of anilines is 1. The molecule has 0 amide bonds. The summed E-state index contributed by atoms with van der Waals surface area (Å²) < 4.78 is 24.0. The van der Waals surface area contributed by atoms with E-state index in [9.17, 15) is 9.18 Å². The second kappa shape index (κ2) is 5.76. The van der Waals surface area contributed by atoms with E-state index in [2.05, 4.69) is 15.0 Å². The van der Waals surface area contributed by atoms with Crippen LogP contribution in [0.15, 0.2) is 35.1 Å². The molecular formula is C18H15FN4O3. The molecule has 2 aromatic heterocycles. The van der Waals surface area contributed by atoms with Gasteiger partial charge in [-0.15, -0.1) is 0 Å². The van der Waals surface area contributed by atoms with Crippen LogP contribution in [0.2, 0.25) is 0 Å². The molecule has 2 aromatic carbocycles. The van der Waals surface area contributed by atoms with Crippen molar-refractivity contribution in [2.45, 2.75) is 0 Å². The van der Waals surface area contributed by atoms with Crippen molar-refractivity contribution >= 4 is 27.6 Å². The van der Waals surface area contributed by atoms with Crippen LogP contribution >= 0.6 is 0 Å². The quantitative estimate of drug-likeness (QED) is 0.524. The number of hydrogen-bond donors (Lipinski definition) is 3. The number of aromatic amines is 2. The molecule has 4 aromatic rings. The first kappa shape index (κ1) is 15.9. The van der Waals surface area contributed by atoms with Crippen LogP contribution in [0.5, 0.6) is 11.5 Å². The summed E-state index contributed by atoms with van der Waals surface area (Å²) in [7, 11) is 3.02. The number of nitrogens with zero attached hydrogens (tertiary/aromatic N) is 1. The molecule has 8 heteroatoms. The molecule has 4 N–H and O–H groups in total. The van der Waals surface area contributed by atoms with Gasteiger partial charge in [0.15, 0.2) is 17.2 Å². The highest BCUT2D eigenvalue weighted by atomic mass is 19.1. The van der Waals surface area contributed by atoms with Crippen LogP contribution in [0.25, 0.3) is 33.3 Å². The number of halogens is 1. The predicted octanol–water partition coefficient (Wildman–Crippen LogP) is 2.81. The van der Waals surface area contributed by atoms with E-state index in [0.717, 1.165) is 0 Å². The summed E-state index contributed by atoms with van der Waals surface area (Å²) in [5.74, 6) is 0.551. The molecule has 132 valence electrons. The molecule has 0 fully saturated rings. The van der Waals surface area contributed by atoms with Crippen molar-refractivity contribution in [3.8, 4) is 22.9 Å². The lowest BCUT2D eigenvalue weighted by Gasteiger charge is -2.09. The van der Waals surface area contributed by atoms with E-state index in [1.807, 2.05) is 0 Å². The molecule has 0 saturated heterocycles. The average molecular weight is 354 g/mol. The highest BCUT2D eigenvalue weighted by Crippen LogP contribution is 2.33. The van der Waals surface area contributed by atoms with Crippen LogP contribution in [-0.2, 0) is 0 Å². The Morgan fingerprint density at radius 2 is 1.77 bits per heavy atom. The Balaban J connectivity index is 1.98. The van der Waals surface area contributed by atoms with Gasteiger partial charge in [0.25, 0.3) is 5.56 Å². The molecular weight excluding hydrogens is 339 g/mol. The van der Waals surface area contributed by atoms with Crippen molar-refractivity contribution < 1.29 is 13.9 Å². The Morgan fingerprint density at radius 3 is 2.50 bits per heavy atom. The van der Waals surface area contributed by atoms with E-state index in [0.29, 0.717) is 39.1 Å². The lowest BCUT2D eigenvalue weighted by molar-refractivity contribution is 0.355. The molecule has 0 bridgehead atoms. The summed E-state index contributed by atoms with van der Waals surface area (Å²) in [5, 5.41) is 0.494. The lowest BCUT2D eigenvalue weighted by atomic mass is 10.2. The number of benzene rings is 2. The summed E-state index contributed by atoms with van der Waals surface area (Å²) in [4.78, 5) is 22.8. The summed E-state index contributed by atoms with van der Waals surface area (Å²) in [6.45, 7) is 0. The van der Waals surface area contributed by atoms with Crippen LogP contribution in [0.4, 0.5) is 10.1 Å². The minimum absolute atomic E-state index is 0.110. The lowest BCUT2D eigenvalue weighted by Crippen LogP contribution is -2.12. The van der Waals surface area contributed by atoms with Gasteiger partial charge >= 0.3 is 0 Å². The summed E-state index contributed by atoms with van der Waals surface area (Å²) in [5.41, 5.74) is 8.02. The zero-order valence-corrected chi connectivity index (χ0v) is 14.0. The normalized spacial score (nSPS) is 11.2. The number of fused-ring (bicyclic) bond motifs is 2. The molecule has 0 radical (unpaired) electrons. The van der Waals surface area contributed by atoms with Crippen LogP contribution in [0, 0.1) is 5.82 Å². The maximum Gasteiger partial charge on any atom is 0.276 e. The van der Waals surface area contributed by atoms with Gasteiger partial charge in [-0.3, -0.25) is 4.79 Å². The van der Waals surface area contributed by atoms with Gasteiger partial charge in [0, 0.05) is 23.0 Å². The predicted molar refractivity (Wildman–Crippen MR) is 97.1 cm³/mol. The summed E-state index contributed by atoms with van der Waals surface area (Å²) in [6.07, 6.45) is 0. The fourth-order valence-electron chi connectivity index (χ4n) is 2.95. The number of H-pyrrole nitrogens is 2. The Morgan fingerprint density at radius 1 is 1.04 bits per heavy atom. The number of rotatable bonds is 3. The van der Waals surface area contributed by atoms with Crippen LogP contribution in [-0.4, -0.2) is 29.2 Å². The topological polar surface area (TPSA) is 106 Å². The zero-order chi connectivity index (χ0) is 18.4. The van der Waals surface area contributed by atoms with E-state index in [-0.39, 0.29) is 11.4 Å². The first-order chi connectivity index (χ1) is 12.5. The van der Waals surface area contributed by atoms with Gasteiger partial charge in [-0.1, -0.05) is 0 Å². The van der Waals surface area contributed by atoms with Crippen molar-refractivity contribution in [2.75, 3.05) is 20.0 Å². The van der Waals surface area contributed by atoms with Crippen molar-refractivity contribution in [1.29, 1.82) is 0 Å². The molecule has 0 aliphatic rings. The monoisotopic (exact) mass is 354 g/mol. The summed E-state index contributed by atoms with van der Waals surface area (Å²) in [6, 6.07) is 7.49. The first-order valence-electron chi connectivity index (χ1n) is 7.75. The Labute approximate surface area is 146 Å². The molecule has 2 heterocycles. The first-order valence-corrected chi connectivity index (χ1v) is 7.75. The van der Waals surface area contributed by atoms with Crippen molar-refractivity contribution in [1.82, 2.24) is 15.0 Å². The van der Waals surface area contributed by atoms with E-state index in [4.69, 9.17) is 15.2 Å². The SMILES string of the molecule is COc1cc2nc(-c3[nH]c4ccc(F)cc4c3N)c(=O)[nH]c2cc1OC. The standard InChI is InChI=1S/C18H15FN4O3/c1-25-13-6-11-12(7-14(13)26-2)23-18(24)17(22-11)16-15(20)9-5-8(19)3-4-10(9)21-16/h3-7,21H,20H2,1-2H3,(H,23,24). The number of nitrogen functional groups attached to an aromatic ring is 1. The minimum atomic E-state index is -0.427. The highest BCUT2D eigenvalue weighted by molar-refractivity contribution is 5.99. The molecule has 0 saturated carbocycles. The van der Waals surface area contributed by atoms with Crippen LogP contribution < -0.4 is 20.8 Å². The number of methoxy groups -OCH3 is 2. The van der Waals surface area contributed by atoms with Gasteiger partial charge < -0.3 is 25.2 Å². The molecule has 7 nitrogen and oxygen atoms in total. The number of nitrogens with one attached hydrogen (secondary N) is 2. The Hall–Kier alpha value is -3.55. The fraction of sp³-hybridized carbons (Fsp3) is 0.111. The maximum atomic E-state index is 13.5. The van der Waals surface area contributed by atoms with Crippen LogP contribution in [0.3, 0.4) is 0 Å². The van der Waals surface area contributed by atoms with Crippen molar-refractivity contribution in [3.05, 3.63) is 46.5 Å². The van der Waals surface area contributed by atoms with E-state index in [1.165, 1.54) is 26.4 Å². The van der Waals surface area contributed by atoms with Crippen LogP contribution in [0.1, 0.15) is 0 Å². The molecule has 0 spiro atoms. The smallest absolute Gasteiger partial charge is 0.276 e.